The summed E-state index contributed by atoms with van der Waals surface area (Å²) in [4.78, 5) is 12.4. The highest BCUT2D eigenvalue weighted by molar-refractivity contribution is 6.17. The first-order chi connectivity index (χ1) is 8.68. The molecule has 0 saturated heterocycles. The van der Waals surface area contributed by atoms with Crippen LogP contribution in [-0.4, -0.2) is 18.3 Å². The van der Waals surface area contributed by atoms with Gasteiger partial charge in [-0.2, -0.15) is 0 Å². The van der Waals surface area contributed by atoms with Crippen LogP contribution in [0, 0.1) is 11.3 Å². The van der Waals surface area contributed by atoms with Gasteiger partial charge in [0.25, 0.3) is 0 Å². The number of carbonyl (C=O) groups excluding carboxylic acids is 1. The van der Waals surface area contributed by atoms with Gasteiger partial charge in [0.15, 0.2) is 0 Å². The van der Waals surface area contributed by atoms with Gasteiger partial charge in [0.2, 0.25) is 5.91 Å². The van der Waals surface area contributed by atoms with Crippen molar-refractivity contribution in [1.29, 1.82) is 0 Å². The van der Waals surface area contributed by atoms with E-state index in [9.17, 15) is 4.79 Å². The minimum atomic E-state index is -0.0578. The first-order valence-electron chi connectivity index (χ1n) is 7.52. The number of hydrogen-bond acceptors (Lipinski definition) is 1. The Balaban J connectivity index is 2.42. The second kappa shape index (κ2) is 8.04. The van der Waals surface area contributed by atoms with Gasteiger partial charge in [-0.05, 0) is 38.0 Å². The largest absolute Gasteiger partial charge is 0.355 e. The zero-order valence-electron chi connectivity index (χ0n) is 11.9. The molecule has 1 amide bonds. The fraction of sp³-hybridized carbons (Fsp3) is 0.933. The van der Waals surface area contributed by atoms with Gasteiger partial charge in [-0.1, -0.05) is 33.1 Å². The van der Waals surface area contributed by atoms with E-state index in [-0.39, 0.29) is 11.3 Å². The van der Waals surface area contributed by atoms with Gasteiger partial charge in [-0.3, -0.25) is 4.79 Å². The van der Waals surface area contributed by atoms with Crippen LogP contribution >= 0.6 is 11.6 Å². The quantitative estimate of drug-likeness (QED) is 0.662. The minimum Gasteiger partial charge on any atom is -0.355 e. The van der Waals surface area contributed by atoms with Crippen LogP contribution in [0.15, 0.2) is 0 Å². The molecule has 1 N–H and O–H groups in total. The molecule has 1 aliphatic carbocycles. The number of carbonyl (C=O) groups is 1. The predicted octanol–water partition coefficient (Wildman–Crippen LogP) is 4.12. The fourth-order valence-corrected chi connectivity index (χ4v) is 3.44. The summed E-state index contributed by atoms with van der Waals surface area (Å²) in [6.07, 6.45) is 8.87. The molecule has 0 aromatic heterocycles. The molecule has 1 saturated carbocycles. The van der Waals surface area contributed by atoms with Gasteiger partial charge in [-0.15, -0.1) is 11.6 Å². The maximum atomic E-state index is 12.4. The van der Waals surface area contributed by atoms with Crippen molar-refractivity contribution in [2.24, 2.45) is 11.3 Å². The third kappa shape index (κ3) is 4.15. The first-order valence-corrected chi connectivity index (χ1v) is 8.06. The van der Waals surface area contributed by atoms with E-state index in [1.807, 2.05) is 0 Å². The van der Waals surface area contributed by atoms with Gasteiger partial charge in [0.1, 0.15) is 0 Å². The lowest BCUT2D eigenvalue weighted by atomic mass is 9.82. The van der Waals surface area contributed by atoms with Crippen molar-refractivity contribution in [1.82, 2.24) is 5.32 Å². The van der Waals surface area contributed by atoms with E-state index < -0.39 is 0 Å². The topological polar surface area (TPSA) is 29.1 Å². The van der Waals surface area contributed by atoms with Crippen molar-refractivity contribution in [3.63, 3.8) is 0 Å². The summed E-state index contributed by atoms with van der Waals surface area (Å²) in [6, 6.07) is 0. The number of rotatable bonds is 8. The van der Waals surface area contributed by atoms with Crippen molar-refractivity contribution in [3.05, 3.63) is 0 Å². The van der Waals surface area contributed by atoms with E-state index in [1.165, 1.54) is 12.8 Å². The van der Waals surface area contributed by atoms with Crippen LogP contribution in [-0.2, 0) is 4.79 Å². The normalized spacial score (nSPS) is 19.7. The van der Waals surface area contributed by atoms with Crippen molar-refractivity contribution >= 4 is 17.5 Å². The Morgan fingerprint density at radius 2 is 1.94 bits per heavy atom. The Bertz CT molecular complexity index is 243. The summed E-state index contributed by atoms with van der Waals surface area (Å²) in [5, 5.41) is 3.19. The number of amides is 1. The summed E-state index contributed by atoms with van der Waals surface area (Å²) in [7, 11) is 0. The van der Waals surface area contributed by atoms with Gasteiger partial charge >= 0.3 is 0 Å². The average molecular weight is 274 g/mol. The Morgan fingerprint density at radius 1 is 1.28 bits per heavy atom. The zero-order valence-corrected chi connectivity index (χ0v) is 12.7. The molecule has 1 unspecified atom stereocenters. The summed E-state index contributed by atoms with van der Waals surface area (Å²) in [5.74, 6) is 1.53. The number of nitrogens with one attached hydrogen (secondary N) is 1. The molecule has 1 fully saturated rings. The Labute approximate surface area is 117 Å². The molecule has 18 heavy (non-hydrogen) atoms. The van der Waals surface area contributed by atoms with E-state index in [0.29, 0.717) is 11.8 Å². The van der Waals surface area contributed by atoms with Crippen LogP contribution in [0.4, 0.5) is 0 Å². The summed E-state index contributed by atoms with van der Waals surface area (Å²) >= 11 is 5.82. The predicted molar refractivity (Wildman–Crippen MR) is 77.9 cm³/mol. The number of halogens is 1. The summed E-state index contributed by atoms with van der Waals surface area (Å²) in [6.45, 7) is 5.14. The maximum absolute atomic E-state index is 12.4. The molecule has 0 radical (unpaired) electrons. The summed E-state index contributed by atoms with van der Waals surface area (Å²) in [5.41, 5.74) is -0.0578. The Morgan fingerprint density at radius 3 is 2.44 bits per heavy atom. The number of hydrogen-bond donors (Lipinski definition) is 1. The average Bonchev–Trinajstić information content (AvgIpc) is 2.86. The minimum absolute atomic E-state index is 0.0578. The zero-order chi connectivity index (χ0) is 13.4. The molecule has 0 spiro atoms. The highest BCUT2D eigenvalue weighted by atomic mass is 35.5. The van der Waals surface area contributed by atoms with Crippen molar-refractivity contribution in [2.75, 3.05) is 12.4 Å². The van der Waals surface area contributed by atoms with Crippen LogP contribution in [0.3, 0.4) is 0 Å². The van der Waals surface area contributed by atoms with Gasteiger partial charge in [0, 0.05) is 17.8 Å². The Kier molecular flexibility index (Phi) is 7.06. The lowest BCUT2D eigenvalue weighted by molar-refractivity contribution is -0.131. The molecular weight excluding hydrogens is 246 g/mol. The van der Waals surface area contributed by atoms with E-state index in [2.05, 4.69) is 19.2 Å². The molecule has 1 rings (SSSR count). The molecule has 2 nitrogen and oxygen atoms in total. The fourth-order valence-electron chi connectivity index (χ4n) is 3.13. The standard InChI is InChI=1S/C15H28ClNO/c1-3-7-13(8-11-16)12-17-14(18)15(4-2)9-5-6-10-15/h13H,3-12H2,1-2H3,(H,17,18). The molecule has 0 heterocycles. The molecule has 1 aliphatic rings. The number of alkyl halides is 1. The molecule has 3 heteroatoms. The van der Waals surface area contributed by atoms with Crippen LogP contribution in [0.5, 0.6) is 0 Å². The smallest absolute Gasteiger partial charge is 0.226 e. The molecule has 106 valence electrons. The maximum Gasteiger partial charge on any atom is 0.226 e. The van der Waals surface area contributed by atoms with E-state index in [0.717, 1.165) is 45.1 Å². The van der Waals surface area contributed by atoms with Crippen LogP contribution < -0.4 is 5.32 Å². The molecule has 0 aromatic rings. The van der Waals surface area contributed by atoms with Gasteiger partial charge < -0.3 is 5.32 Å². The van der Waals surface area contributed by atoms with E-state index in [1.54, 1.807) is 0 Å². The molecule has 0 aromatic carbocycles. The highest BCUT2D eigenvalue weighted by Crippen LogP contribution is 2.41. The van der Waals surface area contributed by atoms with Gasteiger partial charge in [-0.25, -0.2) is 0 Å². The van der Waals surface area contributed by atoms with Crippen LogP contribution in [0.1, 0.15) is 65.2 Å². The highest BCUT2D eigenvalue weighted by Gasteiger charge is 2.39. The van der Waals surface area contributed by atoms with E-state index >= 15 is 0 Å². The second-order valence-corrected chi connectivity index (χ2v) is 6.06. The molecule has 0 bridgehead atoms. The molecular formula is C15H28ClNO. The molecule has 1 atom stereocenters. The summed E-state index contributed by atoms with van der Waals surface area (Å²) < 4.78 is 0. The monoisotopic (exact) mass is 273 g/mol. The van der Waals surface area contributed by atoms with E-state index in [4.69, 9.17) is 11.6 Å². The van der Waals surface area contributed by atoms with Crippen LogP contribution in [0.25, 0.3) is 0 Å². The third-order valence-corrected chi connectivity index (χ3v) is 4.70. The second-order valence-electron chi connectivity index (χ2n) is 5.68. The first kappa shape index (κ1) is 15.8. The van der Waals surface area contributed by atoms with Crippen molar-refractivity contribution in [3.8, 4) is 0 Å². The Hall–Kier alpha value is -0.240. The van der Waals surface area contributed by atoms with Gasteiger partial charge in [0.05, 0.1) is 0 Å². The van der Waals surface area contributed by atoms with Crippen molar-refractivity contribution < 1.29 is 4.79 Å². The lowest BCUT2D eigenvalue weighted by Gasteiger charge is -2.27. The third-order valence-electron chi connectivity index (χ3n) is 4.48. The molecule has 0 aliphatic heterocycles. The SMILES string of the molecule is CCCC(CCCl)CNC(=O)C1(CC)CCCC1. The lowest BCUT2D eigenvalue weighted by Crippen LogP contribution is -2.41. The van der Waals surface area contributed by atoms with Crippen molar-refractivity contribution in [2.45, 2.75) is 65.2 Å². The van der Waals surface area contributed by atoms with Crippen LogP contribution in [0.2, 0.25) is 0 Å².